The summed E-state index contributed by atoms with van der Waals surface area (Å²) in [6, 6.07) is 4.30. The van der Waals surface area contributed by atoms with E-state index in [2.05, 4.69) is 19.9 Å². The first-order valence-electron chi connectivity index (χ1n) is 8.48. The molecule has 1 aliphatic heterocycles. The molecule has 134 valence electrons. The van der Waals surface area contributed by atoms with Crippen LogP contribution in [0.1, 0.15) is 41.5 Å². The van der Waals surface area contributed by atoms with Crippen LogP contribution >= 0.6 is 11.8 Å². The smallest absolute Gasteiger partial charge is 0.257 e. The van der Waals surface area contributed by atoms with Gasteiger partial charge in [0.25, 0.3) is 5.91 Å². The number of hydrogen-bond donors (Lipinski definition) is 1. The third-order valence-electron chi connectivity index (χ3n) is 4.60. The van der Waals surface area contributed by atoms with Gasteiger partial charge < -0.3 is 9.88 Å². The lowest BCUT2D eigenvalue weighted by Gasteiger charge is -2.34. The normalized spacial score (nSPS) is 17.6. The van der Waals surface area contributed by atoms with Crippen LogP contribution < -0.4 is 0 Å². The molecule has 0 unspecified atom stereocenters. The van der Waals surface area contributed by atoms with Gasteiger partial charge in [-0.25, -0.2) is 19.3 Å². The van der Waals surface area contributed by atoms with Crippen LogP contribution in [-0.4, -0.2) is 43.5 Å². The molecular formula is C18H18FN5OS. The second-order valence-corrected chi connectivity index (χ2v) is 7.03. The van der Waals surface area contributed by atoms with Crippen molar-refractivity contribution in [1.29, 1.82) is 0 Å². The number of thioether (sulfide) groups is 1. The number of likely N-dealkylation sites (tertiary alicyclic amines) is 1. The number of carbonyl (C=O) groups is 1. The van der Waals surface area contributed by atoms with Gasteiger partial charge in [-0.2, -0.15) is 0 Å². The third kappa shape index (κ3) is 3.16. The summed E-state index contributed by atoms with van der Waals surface area (Å²) in [5.41, 5.74) is 1.81. The minimum absolute atomic E-state index is 0.103. The zero-order valence-electron chi connectivity index (χ0n) is 14.3. The molecule has 0 saturated carbocycles. The summed E-state index contributed by atoms with van der Waals surface area (Å²) in [7, 11) is 0. The second kappa shape index (κ2) is 7.03. The zero-order chi connectivity index (χ0) is 18.1. The van der Waals surface area contributed by atoms with Crippen molar-refractivity contribution in [1.82, 2.24) is 24.8 Å². The van der Waals surface area contributed by atoms with Gasteiger partial charge in [-0.3, -0.25) is 4.79 Å². The first-order chi connectivity index (χ1) is 12.7. The van der Waals surface area contributed by atoms with Gasteiger partial charge in [-0.1, -0.05) is 11.8 Å². The Bertz CT molecular complexity index is 942. The first kappa shape index (κ1) is 17.0. The topological polar surface area (TPSA) is 74.8 Å². The predicted octanol–water partition coefficient (Wildman–Crippen LogP) is 3.58. The SMILES string of the molecule is CSc1ncc(C(=O)N2CCCC[C@H]2c2nc3ccc(F)cc3[nH]2)cn1. The highest BCUT2D eigenvalue weighted by atomic mass is 32.2. The summed E-state index contributed by atoms with van der Waals surface area (Å²) in [5, 5.41) is 0.635. The van der Waals surface area contributed by atoms with Crippen LogP contribution in [0, 0.1) is 5.82 Å². The first-order valence-corrected chi connectivity index (χ1v) is 9.70. The quantitative estimate of drug-likeness (QED) is 0.563. The summed E-state index contributed by atoms with van der Waals surface area (Å²) >= 11 is 1.43. The average molecular weight is 371 g/mol. The number of halogens is 1. The largest absolute Gasteiger partial charge is 0.340 e. The molecule has 4 rings (SSSR count). The Morgan fingerprint density at radius 3 is 2.88 bits per heavy atom. The molecule has 0 radical (unpaired) electrons. The highest BCUT2D eigenvalue weighted by Gasteiger charge is 2.31. The van der Waals surface area contributed by atoms with Crippen molar-refractivity contribution in [2.24, 2.45) is 0 Å². The fourth-order valence-electron chi connectivity index (χ4n) is 3.32. The highest BCUT2D eigenvalue weighted by molar-refractivity contribution is 7.98. The number of nitrogens with zero attached hydrogens (tertiary/aromatic N) is 4. The van der Waals surface area contributed by atoms with Crippen molar-refractivity contribution in [2.45, 2.75) is 30.5 Å². The lowest BCUT2D eigenvalue weighted by Crippen LogP contribution is -2.39. The van der Waals surface area contributed by atoms with Gasteiger partial charge in [0.05, 0.1) is 22.6 Å². The van der Waals surface area contributed by atoms with E-state index in [-0.39, 0.29) is 17.8 Å². The van der Waals surface area contributed by atoms with Gasteiger partial charge in [-0.05, 0) is 43.7 Å². The minimum atomic E-state index is -0.310. The molecule has 1 saturated heterocycles. The zero-order valence-corrected chi connectivity index (χ0v) is 15.1. The number of amides is 1. The Balaban J connectivity index is 1.65. The van der Waals surface area contributed by atoms with E-state index in [0.717, 1.165) is 19.3 Å². The van der Waals surface area contributed by atoms with Crippen LogP contribution in [0.5, 0.6) is 0 Å². The predicted molar refractivity (Wildman–Crippen MR) is 97.5 cm³/mol. The molecule has 1 fully saturated rings. The Morgan fingerprint density at radius 1 is 1.31 bits per heavy atom. The van der Waals surface area contributed by atoms with E-state index < -0.39 is 0 Å². The highest BCUT2D eigenvalue weighted by Crippen LogP contribution is 2.31. The molecule has 0 bridgehead atoms. The number of benzene rings is 1. The number of nitrogens with one attached hydrogen (secondary N) is 1. The Morgan fingerprint density at radius 2 is 2.12 bits per heavy atom. The van der Waals surface area contributed by atoms with E-state index in [9.17, 15) is 9.18 Å². The van der Waals surface area contributed by atoms with Crippen molar-refractivity contribution in [3.05, 3.63) is 47.8 Å². The number of rotatable bonds is 3. The molecule has 1 aromatic carbocycles. The van der Waals surface area contributed by atoms with Crippen LogP contribution in [-0.2, 0) is 0 Å². The maximum Gasteiger partial charge on any atom is 0.257 e. The van der Waals surface area contributed by atoms with Crippen LogP contribution in [0.4, 0.5) is 4.39 Å². The van der Waals surface area contributed by atoms with Crippen molar-refractivity contribution in [3.63, 3.8) is 0 Å². The van der Waals surface area contributed by atoms with Gasteiger partial charge in [0, 0.05) is 18.9 Å². The van der Waals surface area contributed by atoms with Crippen molar-refractivity contribution in [3.8, 4) is 0 Å². The summed E-state index contributed by atoms with van der Waals surface area (Å²) < 4.78 is 13.4. The molecule has 26 heavy (non-hydrogen) atoms. The molecule has 1 atom stereocenters. The lowest BCUT2D eigenvalue weighted by atomic mass is 10.0. The molecule has 2 aromatic heterocycles. The second-order valence-electron chi connectivity index (χ2n) is 6.25. The molecule has 3 heterocycles. The Hall–Kier alpha value is -2.48. The maximum absolute atomic E-state index is 13.4. The molecular weight excluding hydrogens is 353 g/mol. The molecule has 0 spiro atoms. The number of aromatic nitrogens is 4. The van der Waals surface area contributed by atoms with E-state index in [1.165, 1.54) is 23.9 Å². The maximum atomic E-state index is 13.4. The minimum Gasteiger partial charge on any atom is -0.340 e. The summed E-state index contributed by atoms with van der Waals surface area (Å²) in [6.45, 7) is 0.652. The molecule has 6 nitrogen and oxygen atoms in total. The summed E-state index contributed by atoms with van der Waals surface area (Å²) in [6.07, 6.45) is 7.81. The summed E-state index contributed by atoms with van der Waals surface area (Å²) in [4.78, 5) is 31.0. The number of carbonyl (C=O) groups excluding carboxylic acids is 1. The van der Waals surface area contributed by atoms with Crippen LogP contribution in [0.2, 0.25) is 0 Å². The molecule has 3 aromatic rings. The van der Waals surface area contributed by atoms with Crippen molar-refractivity contribution >= 4 is 28.7 Å². The fraction of sp³-hybridized carbons (Fsp3) is 0.333. The molecule has 0 aliphatic carbocycles. The fourth-order valence-corrected chi connectivity index (χ4v) is 3.63. The Labute approximate surface area is 154 Å². The number of fused-ring (bicyclic) bond motifs is 1. The lowest BCUT2D eigenvalue weighted by molar-refractivity contribution is 0.0600. The van der Waals surface area contributed by atoms with E-state index in [0.29, 0.717) is 34.1 Å². The van der Waals surface area contributed by atoms with Gasteiger partial charge in [0.1, 0.15) is 11.6 Å². The third-order valence-corrected chi connectivity index (χ3v) is 5.18. The van der Waals surface area contributed by atoms with Crippen LogP contribution in [0.3, 0.4) is 0 Å². The van der Waals surface area contributed by atoms with E-state index in [1.807, 2.05) is 11.2 Å². The summed E-state index contributed by atoms with van der Waals surface area (Å²) in [5.74, 6) is 0.282. The van der Waals surface area contributed by atoms with Gasteiger partial charge in [-0.15, -0.1) is 0 Å². The number of H-pyrrole nitrogens is 1. The van der Waals surface area contributed by atoms with E-state index in [4.69, 9.17) is 0 Å². The average Bonchev–Trinajstić information content (AvgIpc) is 3.10. The van der Waals surface area contributed by atoms with Crippen molar-refractivity contribution < 1.29 is 9.18 Å². The number of piperidine rings is 1. The van der Waals surface area contributed by atoms with Crippen LogP contribution in [0.25, 0.3) is 11.0 Å². The van der Waals surface area contributed by atoms with E-state index in [1.54, 1.807) is 18.5 Å². The molecule has 8 heteroatoms. The number of imidazole rings is 1. The van der Waals surface area contributed by atoms with Crippen LogP contribution in [0.15, 0.2) is 35.7 Å². The number of aromatic amines is 1. The van der Waals surface area contributed by atoms with Gasteiger partial charge >= 0.3 is 0 Å². The molecule has 1 amide bonds. The van der Waals surface area contributed by atoms with Crippen molar-refractivity contribution in [2.75, 3.05) is 12.8 Å². The molecule has 1 aliphatic rings. The standard InChI is InChI=1S/C18H18FN5OS/c1-26-18-20-9-11(10-21-18)17(25)24-7-3-2-4-15(24)16-22-13-6-5-12(19)8-14(13)23-16/h5-6,8-10,15H,2-4,7H2,1H3,(H,22,23)/t15-/m0/s1. The Kier molecular flexibility index (Phi) is 4.58. The van der Waals surface area contributed by atoms with Gasteiger partial charge in [0.2, 0.25) is 0 Å². The molecule has 1 N–H and O–H groups in total. The monoisotopic (exact) mass is 371 g/mol. The number of hydrogen-bond acceptors (Lipinski definition) is 5. The van der Waals surface area contributed by atoms with Gasteiger partial charge in [0.15, 0.2) is 5.16 Å². The van der Waals surface area contributed by atoms with E-state index >= 15 is 0 Å².